The first kappa shape index (κ1) is 15.4. The number of hydrogen-bond acceptors (Lipinski definition) is 3. The minimum absolute atomic E-state index is 0. The van der Waals surface area contributed by atoms with Crippen LogP contribution in [0.3, 0.4) is 0 Å². The number of amides is 1. The first-order chi connectivity index (χ1) is 9.15. The second kappa shape index (κ2) is 6.19. The Balaban J connectivity index is 0.00000147. The number of nitrogens with two attached hydrogens (primary N) is 1. The minimum atomic E-state index is 0. The van der Waals surface area contributed by atoms with Crippen LogP contribution < -0.4 is 11.1 Å². The van der Waals surface area contributed by atoms with E-state index in [9.17, 15) is 4.79 Å². The zero-order valence-electron chi connectivity index (χ0n) is 11.8. The van der Waals surface area contributed by atoms with Gasteiger partial charge < -0.3 is 15.5 Å². The third-order valence-electron chi connectivity index (χ3n) is 4.78. The van der Waals surface area contributed by atoms with Gasteiger partial charge in [0.1, 0.15) is 5.76 Å². The Morgan fingerprint density at radius 2 is 2.00 bits per heavy atom. The van der Waals surface area contributed by atoms with Gasteiger partial charge in [0.2, 0.25) is 0 Å². The fourth-order valence-corrected chi connectivity index (χ4v) is 3.87. The highest BCUT2D eigenvalue weighted by Crippen LogP contribution is 2.39. The second-order valence-corrected chi connectivity index (χ2v) is 6.07. The lowest BCUT2D eigenvalue weighted by molar-refractivity contribution is 0.0754. The molecule has 112 valence electrons. The van der Waals surface area contributed by atoms with Crippen molar-refractivity contribution in [3.63, 3.8) is 0 Å². The van der Waals surface area contributed by atoms with Crippen LogP contribution in [-0.2, 0) is 0 Å². The molecule has 0 aliphatic heterocycles. The molecule has 2 aliphatic rings. The summed E-state index contributed by atoms with van der Waals surface area (Å²) in [6.07, 6.45) is 7.33. The molecule has 2 bridgehead atoms. The Morgan fingerprint density at radius 3 is 2.55 bits per heavy atom. The molecule has 0 aromatic carbocycles. The zero-order valence-corrected chi connectivity index (χ0v) is 12.6. The van der Waals surface area contributed by atoms with Gasteiger partial charge in [-0.2, -0.15) is 0 Å². The first-order valence-corrected chi connectivity index (χ1v) is 7.25. The predicted octanol–water partition coefficient (Wildman–Crippen LogP) is 2.65. The molecule has 1 aromatic heterocycles. The monoisotopic (exact) mass is 298 g/mol. The quantitative estimate of drug-likeness (QED) is 0.882. The van der Waals surface area contributed by atoms with E-state index in [1.165, 1.54) is 19.3 Å². The summed E-state index contributed by atoms with van der Waals surface area (Å²) in [6.45, 7) is 1.83. The van der Waals surface area contributed by atoms with Gasteiger partial charge in [0.15, 0.2) is 0 Å². The summed E-state index contributed by atoms with van der Waals surface area (Å²) in [5.41, 5.74) is 6.77. The topological polar surface area (TPSA) is 68.3 Å². The number of carbonyl (C=O) groups is 1. The SMILES string of the molecule is Cc1occc1C(=O)NC1C2CCCC1CC(N)C2.Cl. The van der Waals surface area contributed by atoms with Crippen LogP contribution in [0, 0.1) is 18.8 Å². The molecule has 3 rings (SSSR count). The summed E-state index contributed by atoms with van der Waals surface area (Å²) in [7, 11) is 0. The Morgan fingerprint density at radius 1 is 1.35 bits per heavy atom. The molecule has 3 N–H and O–H groups in total. The van der Waals surface area contributed by atoms with Gasteiger partial charge >= 0.3 is 0 Å². The van der Waals surface area contributed by atoms with Gasteiger partial charge in [0.25, 0.3) is 5.91 Å². The Bertz CT molecular complexity index is 460. The maximum atomic E-state index is 12.3. The summed E-state index contributed by atoms with van der Waals surface area (Å²) in [5.74, 6) is 1.80. The molecule has 2 fully saturated rings. The fourth-order valence-electron chi connectivity index (χ4n) is 3.87. The Hall–Kier alpha value is -1.00. The molecule has 2 aliphatic carbocycles. The van der Waals surface area contributed by atoms with Crippen molar-refractivity contribution in [1.29, 1.82) is 0 Å². The average Bonchev–Trinajstić information content (AvgIpc) is 2.76. The van der Waals surface area contributed by atoms with Crippen LogP contribution in [0.1, 0.15) is 48.2 Å². The number of aryl methyl sites for hydroxylation is 1. The third kappa shape index (κ3) is 2.86. The number of rotatable bonds is 2. The van der Waals surface area contributed by atoms with Crippen LogP contribution in [-0.4, -0.2) is 18.0 Å². The van der Waals surface area contributed by atoms with Gasteiger partial charge in [-0.25, -0.2) is 0 Å². The maximum absolute atomic E-state index is 12.3. The molecule has 0 spiro atoms. The van der Waals surface area contributed by atoms with Gasteiger partial charge in [-0.15, -0.1) is 12.4 Å². The molecule has 1 aromatic rings. The normalized spacial score (nSPS) is 32.3. The molecule has 4 nitrogen and oxygen atoms in total. The third-order valence-corrected chi connectivity index (χ3v) is 4.78. The molecule has 0 radical (unpaired) electrons. The second-order valence-electron chi connectivity index (χ2n) is 6.07. The predicted molar refractivity (Wildman–Crippen MR) is 80.0 cm³/mol. The molecule has 2 atom stereocenters. The lowest BCUT2D eigenvalue weighted by Crippen LogP contribution is -2.53. The van der Waals surface area contributed by atoms with Crippen molar-refractivity contribution in [1.82, 2.24) is 5.32 Å². The largest absolute Gasteiger partial charge is 0.469 e. The van der Waals surface area contributed by atoms with Crippen molar-refractivity contribution < 1.29 is 9.21 Å². The van der Waals surface area contributed by atoms with E-state index in [4.69, 9.17) is 10.2 Å². The zero-order chi connectivity index (χ0) is 13.4. The molecule has 0 saturated heterocycles. The van der Waals surface area contributed by atoms with E-state index in [1.807, 2.05) is 6.92 Å². The summed E-state index contributed by atoms with van der Waals surface area (Å²) in [5, 5.41) is 3.23. The maximum Gasteiger partial charge on any atom is 0.255 e. The Kier molecular flexibility index (Phi) is 4.76. The highest BCUT2D eigenvalue weighted by molar-refractivity contribution is 5.95. The highest BCUT2D eigenvalue weighted by atomic mass is 35.5. The van der Waals surface area contributed by atoms with Crippen LogP contribution in [0.25, 0.3) is 0 Å². The number of fused-ring (bicyclic) bond motifs is 2. The lowest BCUT2D eigenvalue weighted by atomic mass is 9.67. The van der Waals surface area contributed by atoms with Gasteiger partial charge in [-0.1, -0.05) is 6.42 Å². The molecule has 5 heteroatoms. The van der Waals surface area contributed by atoms with E-state index in [-0.39, 0.29) is 18.3 Å². The van der Waals surface area contributed by atoms with E-state index in [0.717, 1.165) is 12.8 Å². The van der Waals surface area contributed by atoms with Crippen molar-refractivity contribution in [3.8, 4) is 0 Å². The number of hydrogen-bond donors (Lipinski definition) is 2. The van der Waals surface area contributed by atoms with E-state index in [1.54, 1.807) is 12.3 Å². The fraction of sp³-hybridized carbons (Fsp3) is 0.667. The number of carbonyl (C=O) groups excluding carboxylic acids is 1. The van der Waals surface area contributed by atoms with Crippen molar-refractivity contribution in [2.24, 2.45) is 17.6 Å². The number of nitrogens with one attached hydrogen (secondary N) is 1. The Labute approximate surface area is 125 Å². The van der Waals surface area contributed by atoms with Gasteiger partial charge in [-0.3, -0.25) is 4.79 Å². The molecular weight excluding hydrogens is 276 g/mol. The van der Waals surface area contributed by atoms with Crippen molar-refractivity contribution >= 4 is 18.3 Å². The van der Waals surface area contributed by atoms with Crippen LogP contribution in [0.15, 0.2) is 16.7 Å². The van der Waals surface area contributed by atoms with E-state index < -0.39 is 0 Å². The molecule has 2 saturated carbocycles. The molecule has 20 heavy (non-hydrogen) atoms. The number of furan rings is 1. The minimum Gasteiger partial charge on any atom is -0.469 e. The van der Waals surface area contributed by atoms with E-state index in [0.29, 0.717) is 35.2 Å². The van der Waals surface area contributed by atoms with Gasteiger partial charge in [0, 0.05) is 12.1 Å². The smallest absolute Gasteiger partial charge is 0.255 e. The average molecular weight is 299 g/mol. The van der Waals surface area contributed by atoms with Crippen molar-refractivity contribution in [3.05, 3.63) is 23.7 Å². The standard InChI is InChI=1S/C15H22N2O2.ClH/c1-9-13(5-6-19-9)15(18)17-14-10-3-2-4-11(14)8-12(16)7-10;/h5-6,10-12,14H,2-4,7-8,16H2,1H3,(H,17,18);1H. The first-order valence-electron chi connectivity index (χ1n) is 7.25. The van der Waals surface area contributed by atoms with Crippen LogP contribution in [0.5, 0.6) is 0 Å². The van der Waals surface area contributed by atoms with E-state index in [2.05, 4.69) is 5.32 Å². The van der Waals surface area contributed by atoms with Crippen LogP contribution in [0.2, 0.25) is 0 Å². The molecular formula is C15H23ClN2O2. The van der Waals surface area contributed by atoms with E-state index >= 15 is 0 Å². The number of halogens is 1. The molecule has 1 amide bonds. The van der Waals surface area contributed by atoms with Gasteiger partial charge in [-0.05, 0) is 50.5 Å². The van der Waals surface area contributed by atoms with Crippen molar-refractivity contribution in [2.75, 3.05) is 0 Å². The summed E-state index contributed by atoms with van der Waals surface area (Å²) in [4.78, 5) is 12.3. The van der Waals surface area contributed by atoms with Crippen molar-refractivity contribution in [2.45, 2.75) is 51.1 Å². The van der Waals surface area contributed by atoms with Crippen LogP contribution >= 0.6 is 12.4 Å². The molecule has 2 unspecified atom stereocenters. The summed E-state index contributed by atoms with van der Waals surface area (Å²) < 4.78 is 5.21. The van der Waals surface area contributed by atoms with Crippen LogP contribution in [0.4, 0.5) is 0 Å². The lowest BCUT2D eigenvalue weighted by Gasteiger charge is -2.45. The highest BCUT2D eigenvalue weighted by Gasteiger charge is 2.40. The van der Waals surface area contributed by atoms with Gasteiger partial charge in [0.05, 0.1) is 11.8 Å². The summed E-state index contributed by atoms with van der Waals surface area (Å²) in [6, 6.07) is 2.36. The molecule has 1 heterocycles. The summed E-state index contributed by atoms with van der Waals surface area (Å²) >= 11 is 0.